The average Bonchev–Trinajstić information content (AvgIpc) is 2.87. The minimum absolute atomic E-state index is 0.0867. The molecule has 5 aliphatic rings. The molecule has 1 spiro atoms. The Balaban J connectivity index is 1.35. The highest BCUT2D eigenvalue weighted by molar-refractivity contribution is 4.97. The molecule has 1 aliphatic carbocycles. The van der Waals surface area contributed by atoms with E-state index < -0.39 is 86.0 Å². The van der Waals surface area contributed by atoms with Crippen LogP contribution in [0.1, 0.15) is 58.8 Å². The van der Waals surface area contributed by atoms with Gasteiger partial charge in [-0.2, -0.15) is 0 Å². The molecule has 0 amide bonds. The van der Waals surface area contributed by atoms with Gasteiger partial charge in [0.05, 0.1) is 31.5 Å². The maximum absolute atomic E-state index is 11.0. The quantitative estimate of drug-likeness (QED) is 0.291. The Kier molecular flexibility index (Phi) is 9.30. The van der Waals surface area contributed by atoms with Crippen LogP contribution in [0.5, 0.6) is 0 Å². The number of aliphatic hydroxyl groups is 5. The molecule has 38 heavy (non-hydrogen) atoms. The first-order valence-electron chi connectivity index (χ1n) is 14.1. The zero-order chi connectivity index (χ0) is 27.0. The smallest absolute Gasteiger partial charge is 0.187 e. The minimum Gasteiger partial charge on any atom is -0.394 e. The Bertz CT molecular complexity index is 767. The topological polar surface area (TPSA) is 166 Å². The van der Waals surface area contributed by atoms with Crippen LogP contribution < -0.4 is 0 Å². The van der Waals surface area contributed by atoms with E-state index in [1.807, 2.05) is 0 Å². The Morgan fingerprint density at radius 3 is 2.32 bits per heavy atom. The van der Waals surface area contributed by atoms with E-state index in [9.17, 15) is 25.5 Å². The summed E-state index contributed by atoms with van der Waals surface area (Å²) in [4.78, 5) is 0. The molecule has 4 saturated heterocycles. The number of hydrogen-bond donors (Lipinski definition) is 5. The third-order valence-corrected chi connectivity index (χ3v) is 8.84. The third kappa shape index (κ3) is 5.65. The minimum atomic E-state index is -1.42. The monoisotopic (exact) mass is 548 g/mol. The van der Waals surface area contributed by atoms with Crippen LogP contribution >= 0.6 is 0 Å². The van der Waals surface area contributed by atoms with Gasteiger partial charge in [-0.05, 0) is 32.1 Å². The van der Waals surface area contributed by atoms with E-state index in [0.717, 1.165) is 25.7 Å². The molecule has 5 rings (SSSR count). The molecule has 1 saturated carbocycles. The van der Waals surface area contributed by atoms with E-state index in [0.29, 0.717) is 32.5 Å². The summed E-state index contributed by atoms with van der Waals surface area (Å²) >= 11 is 0. The molecule has 0 aromatic rings. The van der Waals surface area contributed by atoms with E-state index in [2.05, 4.69) is 6.92 Å². The maximum Gasteiger partial charge on any atom is 0.187 e. The van der Waals surface area contributed by atoms with Crippen LogP contribution in [0.3, 0.4) is 0 Å². The predicted molar refractivity (Wildman–Crippen MR) is 129 cm³/mol. The van der Waals surface area contributed by atoms with E-state index in [-0.39, 0.29) is 5.92 Å². The second-order valence-electron chi connectivity index (χ2n) is 11.3. The summed E-state index contributed by atoms with van der Waals surface area (Å²) in [5.74, 6) is -0.681. The molecule has 14 atom stereocenters. The fourth-order valence-corrected chi connectivity index (χ4v) is 6.40. The van der Waals surface area contributed by atoms with Gasteiger partial charge >= 0.3 is 0 Å². The lowest BCUT2D eigenvalue weighted by Crippen LogP contribution is -2.66. The zero-order valence-corrected chi connectivity index (χ0v) is 22.2. The Morgan fingerprint density at radius 2 is 1.63 bits per heavy atom. The van der Waals surface area contributed by atoms with Gasteiger partial charge in [-0.25, -0.2) is 0 Å². The molecule has 0 radical (unpaired) electrons. The van der Waals surface area contributed by atoms with Gasteiger partial charge in [0.15, 0.2) is 18.4 Å². The molecule has 0 aromatic heterocycles. The van der Waals surface area contributed by atoms with Crippen molar-refractivity contribution in [3.63, 3.8) is 0 Å². The van der Waals surface area contributed by atoms with Gasteiger partial charge in [0.25, 0.3) is 0 Å². The number of hydrogen-bond acceptors (Lipinski definition) is 12. The van der Waals surface area contributed by atoms with Crippen LogP contribution in [-0.4, -0.2) is 125 Å². The highest BCUT2D eigenvalue weighted by Crippen LogP contribution is 2.41. The molecular formula is C26H44O12. The normalized spacial score (nSPS) is 52.0. The van der Waals surface area contributed by atoms with Gasteiger partial charge in [0.2, 0.25) is 0 Å². The van der Waals surface area contributed by atoms with Gasteiger partial charge in [0.1, 0.15) is 42.7 Å². The molecule has 0 aromatic carbocycles. The summed E-state index contributed by atoms with van der Waals surface area (Å²) < 4.78 is 42.8. The summed E-state index contributed by atoms with van der Waals surface area (Å²) in [6.07, 6.45) is -6.20. The van der Waals surface area contributed by atoms with Crippen LogP contribution in [0.15, 0.2) is 0 Å². The zero-order valence-electron chi connectivity index (χ0n) is 22.2. The van der Waals surface area contributed by atoms with Gasteiger partial charge in [-0.1, -0.05) is 19.8 Å². The lowest BCUT2D eigenvalue weighted by molar-refractivity contribution is -0.399. The van der Waals surface area contributed by atoms with Gasteiger partial charge in [-0.15, -0.1) is 0 Å². The summed E-state index contributed by atoms with van der Waals surface area (Å²) in [6.45, 7) is 4.25. The van der Waals surface area contributed by atoms with Crippen LogP contribution in [0.2, 0.25) is 0 Å². The number of fused-ring (bicyclic) bond motifs is 1. The molecule has 220 valence electrons. The lowest BCUT2D eigenvalue weighted by Gasteiger charge is -2.52. The van der Waals surface area contributed by atoms with Crippen molar-refractivity contribution in [2.24, 2.45) is 5.92 Å². The summed E-state index contributed by atoms with van der Waals surface area (Å²) in [5, 5.41) is 51.9. The molecular weight excluding hydrogens is 504 g/mol. The van der Waals surface area contributed by atoms with E-state index in [1.54, 1.807) is 6.92 Å². The highest BCUT2D eigenvalue weighted by atomic mass is 16.8. The van der Waals surface area contributed by atoms with Crippen molar-refractivity contribution in [1.29, 1.82) is 0 Å². The van der Waals surface area contributed by atoms with Gasteiger partial charge in [-0.3, -0.25) is 0 Å². The van der Waals surface area contributed by atoms with E-state index in [4.69, 9.17) is 33.2 Å². The Labute approximate surface area is 223 Å². The summed E-state index contributed by atoms with van der Waals surface area (Å²) in [6, 6.07) is 0. The fraction of sp³-hybridized carbons (Fsp3) is 1.00. The largest absolute Gasteiger partial charge is 0.394 e. The van der Waals surface area contributed by atoms with Crippen molar-refractivity contribution in [2.75, 3.05) is 19.8 Å². The molecule has 5 N–H and O–H groups in total. The summed E-state index contributed by atoms with van der Waals surface area (Å²) in [7, 11) is 0. The van der Waals surface area contributed by atoms with Crippen molar-refractivity contribution in [3.05, 3.63) is 0 Å². The van der Waals surface area contributed by atoms with Crippen LogP contribution in [0, 0.1) is 5.92 Å². The fourth-order valence-electron chi connectivity index (χ4n) is 6.40. The van der Waals surface area contributed by atoms with E-state index in [1.165, 1.54) is 0 Å². The molecule has 12 nitrogen and oxygen atoms in total. The van der Waals surface area contributed by atoms with Crippen molar-refractivity contribution >= 4 is 0 Å². The van der Waals surface area contributed by atoms with Crippen molar-refractivity contribution in [1.82, 2.24) is 0 Å². The predicted octanol–water partition coefficient (Wildman–Crippen LogP) is -0.447. The van der Waals surface area contributed by atoms with Crippen molar-refractivity contribution in [3.8, 4) is 0 Å². The molecule has 12 heteroatoms. The third-order valence-electron chi connectivity index (χ3n) is 8.84. The van der Waals surface area contributed by atoms with Gasteiger partial charge in [0, 0.05) is 19.4 Å². The molecule has 5 fully saturated rings. The lowest BCUT2D eigenvalue weighted by atomic mass is 9.82. The molecule has 0 bridgehead atoms. The molecule has 4 heterocycles. The first-order chi connectivity index (χ1) is 18.3. The summed E-state index contributed by atoms with van der Waals surface area (Å²) in [5.41, 5.74) is 0. The first-order valence-corrected chi connectivity index (χ1v) is 14.1. The number of rotatable bonds is 6. The number of aliphatic hydroxyl groups excluding tert-OH is 5. The number of ether oxygens (including phenoxy) is 7. The molecule has 14 unspecified atom stereocenters. The second kappa shape index (κ2) is 12.2. The van der Waals surface area contributed by atoms with Crippen LogP contribution in [-0.2, 0) is 33.2 Å². The van der Waals surface area contributed by atoms with Gasteiger partial charge < -0.3 is 58.7 Å². The van der Waals surface area contributed by atoms with E-state index >= 15 is 0 Å². The van der Waals surface area contributed by atoms with Crippen molar-refractivity contribution < 1.29 is 58.7 Å². The Hall–Kier alpha value is -0.480. The second-order valence-corrected chi connectivity index (χ2v) is 11.3. The average molecular weight is 549 g/mol. The molecule has 4 aliphatic heterocycles. The standard InChI is InChI=1S/C26H44O12/c1-3-14-6-4-7-15(21(14)37-24-20(31)19(30)17(28)13(2)34-24)35-25-23-22(18(29)16(12-27)36-25)38-26(9-11-33-26)8-5-10-32-23/h13-25,27-31H,3-12H2,1-2H3. The van der Waals surface area contributed by atoms with Crippen LogP contribution in [0.4, 0.5) is 0 Å². The SMILES string of the molecule is CCC1CCCC(OC2OC(CO)C(O)C3OC4(CCCOC23)CCO4)C1OC1OC(C)C(O)C(O)C1O. The Morgan fingerprint density at radius 1 is 0.842 bits per heavy atom. The maximum atomic E-state index is 11.0. The van der Waals surface area contributed by atoms with Crippen LogP contribution in [0.25, 0.3) is 0 Å². The first kappa shape index (κ1) is 29.0. The highest BCUT2D eigenvalue weighted by Gasteiger charge is 2.54. The van der Waals surface area contributed by atoms with Crippen molar-refractivity contribution in [2.45, 2.75) is 138 Å².